The molecule has 3 rings (SSSR count). The van der Waals surface area contributed by atoms with Crippen molar-refractivity contribution in [2.24, 2.45) is 0 Å². The van der Waals surface area contributed by atoms with Gasteiger partial charge in [0.2, 0.25) is 0 Å². The zero-order chi connectivity index (χ0) is 11.9. The van der Waals surface area contributed by atoms with Crippen LogP contribution in [-0.4, -0.2) is 5.78 Å². The van der Waals surface area contributed by atoms with Crippen molar-refractivity contribution in [2.45, 2.75) is 37.5 Å². The second-order valence-corrected chi connectivity index (χ2v) is 5.55. The minimum absolute atomic E-state index is 0.0758. The summed E-state index contributed by atoms with van der Waals surface area (Å²) in [7, 11) is 0. The molecular weight excluding hydrogens is 232 g/mol. The summed E-state index contributed by atoms with van der Waals surface area (Å²) < 4.78 is 0. The zero-order valence-corrected chi connectivity index (χ0v) is 10.5. The monoisotopic (exact) mass is 246 g/mol. The SMILES string of the molecule is O=C1C=C[C@@]2(CCCc3ccc(Cl)cc32)CC1. The average Bonchev–Trinajstić information content (AvgIpc) is 2.34. The predicted molar refractivity (Wildman–Crippen MR) is 69.4 cm³/mol. The van der Waals surface area contributed by atoms with Crippen LogP contribution in [0.1, 0.15) is 36.8 Å². The largest absolute Gasteiger partial charge is 0.295 e. The molecule has 1 nitrogen and oxygen atoms in total. The molecule has 0 heterocycles. The van der Waals surface area contributed by atoms with Crippen LogP contribution in [-0.2, 0) is 16.6 Å². The van der Waals surface area contributed by atoms with E-state index in [4.69, 9.17) is 11.6 Å². The van der Waals surface area contributed by atoms with E-state index in [-0.39, 0.29) is 11.2 Å². The maximum absolute atomic E-state index is 11.4. The maximum Gasteiger partial charge on any atom is 0.155 e. The van der Waals surface area contributed by atoms with Gasteiger partial charge in [-0.25, -0.2) is 0 Å². The van der Waals surface area contributed by atoms with Crippen molar-refractivity contribution >= 4 is 17.4 Å². The van der Waals surface area contributed by atoms with Crippen molar-refractivity contribution in [3.8, 4) is 0 Å². The number of benzene rings is 1. The summed E-state index contributed by atoms with van der Waals surface area (Å²) in [4.78, 5) is 11.4. The van der Waals surface area contributed by atoms with Crippen molar-refractivity contribution in [2.75, 3.05) is 0 Å². The van der Waals surface area contributed by atoms with E-state index in [0.717, 1.165) is 24.3 Å². The van der Waals surface area contributed by atoms with Gasteiger partial charge < -0.3 is 0 Å². The van der Waals surface area contributed by atoms with Gasteiger partial charge in [-0.3, -0.25) is 4.79 Å². The molecule has 2 aliphatic carbocycles. The Labute approximate surface area is 106 Å². The molecular formula is C15H15ClO. The molecule has 2 aliphatic rings. The zero-order valence-electron chi connectivity index (χ0n) is 9.71. The molecule has 0 amide bonds. The smallest absolute Gasteiger partial charge is 0.155 e. The summed E-state index contributed by atoms with van der Waals surface area (Å²) in [5.74, 6) is 0.254. The lowest BCUT2D eigenvalue weighted by atomic mass is 9.65. The highest BCUT2D eigenvalue weighted by Crippen LogP contribution is 2.44. The van der Waals surface area contributed by atoms with E-state index in [1.807, 2.05) is 6.07 Å². The molecule has 1 aromatic rings. The van der Waals surface area contributed by atoms with E-state index in [2.05, 4.69) is 18.2 Å². The van der Waals surface area contributed by atoms with Crippen LogP contribution < -0.4 is 0 Å². The van der Waals surface area contributed by atoms with E-state index < -0.39 is 0 Å². The molecule has 0 bridgehead atoms. The number of ketones is 1. The first-order valence-electron chi connectivity index (χ1n) is 6.21. The lowest BCUT2D eigenvalue weighted by Gasteiger charge is -2.38. The number of fused-ring (bicyclic) bond motifs is 2. The Hall–Kier alpha value is -1.08. The van der Waals surface area contributed by atoms with E-state index in [1.54, 1.807) is 6.08 Å². The van der Waals surface area contributed by atoms with Crippen molar-refractivity contribution < 1.29 is 4.79 Å². The number of aryl methyl sites for hydroxylation is 1. The van der Waals surface area contributed by atoms with Crippen LogP contribution in [0.25, 0.3) is 0 Å². The maximum atomic E-state index is 11.4. The molecule has 17 heavy (non-hydrogen) atoms. The molecule has 88 valence electrons. The summed E-state index contributed by atoms with van der Waals surface area (Å²) in [6, 6.07) is 6.20. The molecule has 0 aromatic heterocycles. The normalized spacial score (nSPS) is 27.2. The van der Waals surface area contributed by atoms with Crippen LogP contribution in [0.4, 0.5) is 0 Å². The topological polar surface area (TPSA) is 17.1 Å². The van der Waals surface area contributed by atoms with Gasteiger partial charge in [-0.15, -0.1) is 0 Å². The van der Waals surface area contributed by atoms with Gasteiger partial charge in [0.1, 0.15) is 0 Å². The molecule has 2 heteroatoms. The van der Waals surface area contributed by atoms with Crippen LogP contribution in [0.2, 0.25) is 5.02 Å². The van der Waals surface area contributed by atoms with Crippen LogP contribution in [0.15, 0.2) is 30.4 Å². The summed E-state index contributed by atoms with van der Waals surface area (Å²) >= 11 is 6.12. The number of carbonyl (C=O) groups excluding carboxylic acids is 1. The van der Waals surface area contributed by atoms with Crippen molar-refractivity contribution in [3.05, 3.63) is 46.5 Å². The van der Waals surface area contributed by atoms with E-state index >= 15 is 0 Å². The third kappa shape index (κ3) is 1.83. The van der Waals surface area contributed by atoms with Gasteiger partial charge in [-0.05, 0) is 55.0 Å². The number of hydrogen-bond donors (Lipinski definition) is 0. The third-order valence-corrected chi connectivity index (χ3v) is 4.32. The minimum Gasteiger partial charge on any atom is -0.295 e. The molecule has 0 saturated heterocycles. The van der Waals surface area contributed by atoms with Crippen LogP contribution in [0, 0.1) is 0 Å². The van der Waals surface area contributed by atoms with Gasteiger partial charge >= 0.3 is 0 Å². The highest BCUT2D eigenvalue weighted by Gasteiger charge is 2.36. The van der Waals surface area contributed by atoms with Crippen LogP contribution in [0.5, 0.6) is 0 Å². The number of allylic oxidation sites excluding steroid dienone is 2. The van der Waals surface area contributed by atoms with Crippen molar-refractivity contribution in [1.82, 2.24) is 0 Å². The fourth-order valence-electron chi connectivity index (χ4n) is 3.16. The van der Waals surface area contributed by atoms with Gasteiger partial charge in [0.05, 0.1) is 0 Å². The minimum atomic E-state index is 0.0758. The second kappa shape index (κ2) is 3.99. The van der Waals surface area contributed by atoms with E-state index in [0.29, 0.717) is 6.42 Å². The summed E-state index contributed by atoms with van der Waals surface area (Å²) in [5.41, 5.74) is 2.83. The van der Waals surface area contributed by atoms with Gasteiger partial charge in [-0.2, -0.15) is 0 Å². The molecule has 0 unspecified atom stereocenters. The van der Waals surface area contributed by atoms with Crippen molar-refractivity contribution in [1.29, 1.82) is 0 Å². The Morgan fingerprint density at radius 2 is 2.06 bits per heavy atom. The number of hydrogen-bond acceptors (Lipinski definition) is 1. The Kier molecular flexibility index (Phi) is 2.59. The number of carbonyl (C=O) groups is 1. The Balaban J connectivity index is 2.13. The molecule has 1 aromatic carbocycles. The fraction of sp³-hybridized carbons (Fsp3) is 0.400. The lowest BCUT2D eigenvalue weighted by Crippen LogP contribution is -2.32. The Morgan fingerprint density at radius 1 is 1.18 bits per heavy atom. The molecule has 0 aliphatic heterocycles. The van der Waals surface area contributed by atoms with Gasteiger partial charge in [0, 0.05) is 16.9 Å². The highest BCUT2D eigenvalue weighted by molar-refractivity contribution is 6.30. The van der Waals surface area contributed by atoms with Gasteiger partial charge in [0.15, 0.2) is 5.78 Å². The number of halogens is 1. The molecule has 0 saturated carbocycles. The molecule has 0 fully saturated rings. The fourth-order valence-corrected chi connectivity index (χ4v) is 3.33. The summed E-state index contributed by atoms with van der Waals surface area (Å²) in [6.45, 7) is 0. The first-order valence-corrected chi connectivity index (χ1v) is 6.58. The second-order valence-electron chi connectivity index (χ2n) is 5.11. The van der Waals surface area contributed by atoms with E-state index in [9.17, 15) is 4.79 Å². The Morgan fingerprint density at radius 3 is 2.82 bits per heavy atom. The first-order chi connectivity index (χ1) is 8.20. The molecule has 1 spiro atoms. The molecule has 0 radical (unpaired) electrons. The molecule has 1 atom stereocenters. The first kappa shape index (κ1) is 11.0. The lowest BCUT2D eigenvalue weighted by molar-refractivity contribution is -0.115. The van der Waals surface area contributed by atoms with Crippen LogP contribution >= 0.6 is 11.6 Å². The van der Waals surface area contributed by atoms with Crippen LogP contribution in [0.3, 0.4) is 0 Å². The number of rotatable bonds is 0. The summed E-state index contributed by atoms with van der Waals surface area (Å²) in [6.07, 6.45) is 8.97. The van der Waals surface area contributed by atoms with Crippen molar-refractivity contribution in [3.63, 3.8) is 0 Å². The summed E-state index contributed by atoms with van der Waals surface area (Å²) in [5, 5.41) is 0.801. The Bertz CT molecular complexity index is 504. The predicted octanol–water partition coefficient (Wildman–Crippen LogP) is 3.83. The highest BCUT2D eigenvalue weighted by atomic mass is 35.5. The average molecular weight is 247 g/mol. The molecule has 0 N–H and O–H groups in total. The quantitative estimate of drug-likeness (QED) is 0.680. The third-order valence-electron chi connectivity index (χ3n) is 4.08. The van der Waals surface area contributed by atoms with Gasteiger partial charge in [0.25, 0.3) is 0 Å². The standard InChI is InChI=1S/C15H15ClO/c16-12-4-3-11-2-1-7-15(14(11)10-12)8-5-13(17)6-9-15/h3-5,8,10H,1-2,6-7,9H2/t15-/m0/s1. The van der Waals surface area contributed by atoms with E-state index in [1.165, 1.54) is 17.5 Å². The van der Waals surface area contributed by atoms with Gasteiger partial charge in [-0.1, -0.05) is 23.7 Å².